The maximum Gasteiger partial charge on any atom is 0.293 e. The number of nitrogens with one attached hydrogen (secondary N) is 5. The average Bonchev–Trinajstić information content (AvgIpc) is 1.59. The number of aromatic nitrogens is 3. The van der Waals surface area contributed by atoms with Crippen LogP contribution in [0.15, 0.2) is 125 Å². The van der Waals surface area contributed by atoms with Crippen LogP contribution in [0.1, 0.15) is 126 Å². The number of nitro groups is 1. The molecule has 4 aromatic carbocycles. The van der Waals surface area contributed by atoms with Crippen LogP contribution in [-0.4, -0.2) is 180 Å². The summed E-state index contributed by atoms with van der Waals surface area (Å²) in [6, 6.07) is 27.8. The maximum atomic E-state index is 14.3. The summed E-state index contributed by atoms with van der Waals surface area (Å²) < 4.78 is 36.8. The quantitative estimate of drug-likeness (QED) is 0.0176. The first-order chi connectivity index (χ1) is 48.4. The number of hydrogen-bond donors (Lipinski definition) is 6. The van der Waals surface area contributed by atoms with Crippen LogP contribution in [-0.2, 0) is 26.2 Å². The number of aryl methyl sites for hydroxylation is 1. The molecule has 0 spiro atoms. The van der Waals surface area contributed by atoms with Crippen molar-refractivity contribution in [3.63, 3.8) is 0 Å². The summed E-state index contributed by atoms with van der Waals surface area (Å²) in [6.07, 6.45) is 11.6. The van der Waals surface area contributed by atoms with E-state index >= 15 is 0 Å². The smallest absolute Gasteiger partial charge is 0.293 e. The minimum absolute atomic E-state index is 0.0473. The van der Waals surface area contributed by atoms with Crippen molar-refractivity contribution >= 4 is 84.4 Å². The molecule has 3 aliphatic heterocycles. The zero-order valence-electron chi connectivity index (χ0n) is 58.8. The van der Waals surface area contributed by atoms with Gasteiger partial charge in [0.15, 0.2) is 0 Å². The van der Waals surface area contributed by atoms with Gasteiger partial charge in [-0.25, -0.2) is 23.1 Å². The maximum absolute atomic E-state index is 14.3. The molecule has 3 atom stereocenters. The molecule has 6 N–H and O–H groups in total. The van der Waals surface area contributed by atoms with Crippen LogP contribution in [0.4, 0.5) is 17.1 Å². The molecule has 0 unspecified atom stereocenters. The summed E-state index contributed by atoms with van der Waals surface area (Å²) in [5.41, 5.74) is 9.87. The van der Waals surface area contributed by atoms with Crippen LogP contribution in [0, 0.1) is 33.8 Å². The van der Waals surface area contributed by atoms with Crippen LogP contribution >= 0.6 is 22.9 Å². The summed E-state index contributed by atoms with van der Waals surface area (Å²) in [6.45, 7) is 23.0. The van der Waals surface area contributed by atoms with Crippen molar-refractivity contribution < 1.29 is 37.6 Å². The standard InChI is InChI=1S/C76H96ClN13O9S2/c1-50-69(100-49-83-50)54-13-9-51(10-14-54)45-82-73(93)67-41-60(91)48-89(67)74(94)70(75(2,3)4)78-28-7-8-30-85-31-35-87(36-32-85)58-19-11-52(12-20-58)44-80-65-24-22-62(42-66(65)90(95)96)101(97,98)84-72(92)63-23-21-59(40-68(63)99-61-39-55-26-29-79-71(55)81-46-61)88-37-33-86(34-38-88)47-56-25-27-76(5,6)43-64(56)53-15-17-57(77)18-16-53/h9-10,13-18,21-24,26,29,39-40,42,46,49,52,58,60,67,70,78,80,91H,7-8,11-12,19-20,25,27-28,30-38,41,43-45,47-48H2,1-6H3,(H,79,81)(H,82,93)(H,84,92)/t52?,58?,60-,67+,70-/m1/s1. The van der Waals surface area contributed by atoms with Crippen LogP contribution in [0.5, 0.6) is 11.5 Å². The molecule has 3 saturated heterocycles. The number of hydrogen-bond acceptors (Lipinski definition) is 18. The Morgan fingerprint density at radius 2 is 1.61 bits per heavy atom. The number of halogens is 1. The minimum Gasteiger partial charge on any atom is -0.455 e. The van der Waals surface area contributed by atoms with Crippen molar-refractivity contribution in [2.24, 2.45) is 16.7 Å². The van der Waals surface area contributed by atoms with Gasteiger partial charge in [-0.05, 0) is 165 Å². The van der Waals surface area contributed by atoms with Gasteiger partial charge in [-0.15, -0.1) is 11.3 Å². The molecule has 0 bridgehead atoms. The SMILES string of the molecule is Cc1ncsc1-c1ccc(CNC(=O)[C@@H]2C[C@@H](O)CN2C(=O)[C@@H](NCCCCN2CCN(C3CCC(CNc4ccc(S(=O)(=O)NC(=O)c5ccc(N6CCN(CC7=C(c8ccc(Cl)cc8)CC(C)(C)CC7)CC6)cc5Oc5cnc6[nH]ccc6c5)cc4[N+](=O)[O-])CC3)CC2)C(C)(C)C)cc1. The zero-order valence-corrected chi connectivity index (χ0v) is 61.2. The molecule has 5 aliphatic rings. The molecule has 3 aromatic heterocycles. The fourth-order valence-corrected chi connectivity index (χ4v) is 17.0. The van der Waals surface area contributed by atoms with Crippen LogP contribution in [0.25, 0.3) is 27.0 Å². The Hall–Kier alpha value is -7.81. The summed E-state index contributed by atoms with van der Waals surface area (Å²) in [4.78, 5) is 78.1. The molecule has 0 radical (unpaired) electrons. The van der Waals surface area contributed by atoms with Crippen LogP contribution in [0.3, 0.4) is 0 Å². The molecule has 7 aromatic rings. The molecule has 4 fully saturated rings. The van der Waals surface area contributed by atoms with Crippen LogP contribution < -0.4 is 30.3 Å². The highest BCUT2D eigenvalue weighted by molar-refractivity contribution is 7.90. The number of likely N-dealkylation sites (tertiary alicyclic amines) is 1. The number of fused-ring (bicyclic) bond motifs is 1. The number of nitro benzene ring substituents is 1. The number of carbonyl (C=O) groups excluding carboxylic acids is 3. The lowest BCUT2D eigenvalue weighted by atomic mass is 9.72. The van der Waals surface area contributed by atoms with E-state index in [9.17, 15) is 38.0 Å². The van der Waals surface area contributed by atoms with E-state index in [0.29, 0.717) is 50.2 Å². The van der Waals surface area contributed by atoms with E-state index < -0.39 is 55.0 Å². The minimum atomic E-state index is -4.63. The topological polar surface area (TPSA) is 264 Å². The van der Waals surface area contributed by atoms with E-state index in [-0.39, 0.29) is 53.1 Å². The number of H-pyrrole nitrogens is 1. The van der Waals surface area contributed by atoms with Gasteiger partial charge in [-0.2, -0.15) is 0 Å². The molecule has 25 heteroatoms. The molecule has 12 rings (SSSR count). The number of carbonyl (C=O) groups is 3. The third kappa shape index (κ3) is 18.2. The highest BCUT2D eigenvalue weighted by Gasteiger charge is 2.44. The van der Waals surface area contributed by atoms with Crippen molar-refractivity contribution in [2.75, 3.05) is 95.3 Å². The van der Waals surface area contributed by atoms with Crippen molar-refractivity contribution in [3.8, 4) is 21.9 Å². The monoisotopic (exact) mass is 1430 g/mol. The summed E-state index contributed by atoms with van der Waals surface area (Å²) in [5.74, 6) is -0.684. The van der Waals surface area contributed by atoms with E-state index in [1.807, 2.05) is 75.7 Å². The van der Waals surface area contributed by atoms with Crippen molar-refractivity contribution in [2.45, 2.75) is 141 Å². The highest BCUT2D eigenvalue weighted by atomic mass is 35.5. The lowest BCUT2D eigenvalue weighted by Gasteiger charge is -2.42. The van der Waals surface area contributed by atoms with Gasteiger partial charge >= 0.3 is 0 Å². The number of allylic oxidation sites excluding steroid dienone is 1. The number of thiazole rings is 1. The molecule has 2 aliphatic carbocycles. The Labute approximate surface area is 601 Å². The van der Waals surface area contributed by atoms with Gasteiger partial charge < -0.3 is 45.5 Å². The molecule has 6 heterocycles. The highest BCUT2D eigenvalue weighted by Crippen LogP contribution is 2.44. The third-order valence-electron chi connectivity index (χ3n) is 21.0. The Kier molecular flexibility index (Phi) is 23.0. The number of benzene rings is 4. The number of sulfonamides is 1. The predicted molar refractivity (Wildman–Crippen MR) is 398 cm³/mol. The zero-order chi connectivity index (χ0) is 71.2. The number of nitrogens with zero attached hydrogens (tertiary/aromatic N) is 8. The summed E-state index contributed by atoms with van der Waals surface area (Å²) in [5, 5.41) is 34.7. The first-order valence-corrected chi connectivity index (χ1v) is 38.4. The van der Waals surface area contributed by atoms with Gasteiger partial charge in [0.05, 0.1) is 49.8 Å². The van der Waals surface area contributed by atoms with Crippen LogP contribution in [0.2, 0.25) is 5.02 Å². The number of pyridine rings is 1. The van der Waals surface area contributed by atoms with Gasteiger partial charge in [0.1, 0.15) is 28.9 Å². The number of amides is 3. The summed E-state index contributed by atoms with van der Waals surface area (Å²) in [7, 11) is -4.63. The predicted octanol–water partition coefficient (Wildman–Crippen LogP) is 11.9. The van der Waals surface area contributed by atoms with Gasteiger partial charge in [0.25, 0.3) is 21.6 Å². The first kappa shape index (κ1) is 73.0. The fourth-order valence-electron chi connectivity index (χ4n) is 15.1. The largest absolute Gasteiger partial charge is 0.455 e. The van der Waals surface area contributed by atoms with E-state index in [0.717, 1.165) is 154 Å². The fraction of sp³-hybridized carbons (Fsp3) is 0.487. The molecular weight excluding hydrogens is 1340 g/mol. The summed E-state index contributed by atoms with van der Waals surface area (Å²) >= 11 is 7.88. The number of aromatic amines is 1. The van der Waals surface area contributed by atoms with E-state index in [1.165, 1.54) is 35.0 Å². The first-order valence-electron chi connectivity index (χ1n) is 35.6. The van der Waals surface area contributed by atoms with E-state index in [2.05, 4.69) is 81.2 Å². The lowest BCUT2D eigenvalue weighted by molar-refractivity contribution is -0.384. The van der Waals surface area contributed by atoms with Gasteiger partial charge in [0, 0.05) is 125 Å². The molecule has 22 nitrogen and oxygen atoms in total. The number of anilines is 2. The van der Waals surface area contributed by atoms with Gasteiger partial charge in [0.2, 0.25) is 11.8 Å². The number of rotatable bonds is 25. The van der Waals surface area contributed by atoms with Crippen molar-refractivity contribution in [1.29, 1.82) is 0 Å². The van der Waals surface area contributed by atoms with Crippen molar-refractivity contribution in [1.82, 2.24) is 49.9 Å². The average molecular weight is 1440 g/mol. The molecule has 1 saturated carbocycles. The van der Waals surface area contributed by atoms with E-state index in [1.54, 1.807) is 46.7 Å². The number of β-amino-alcohol motifs (C(OH)–C–C–N with tert-alkyl or cyclic N) is 1. The third-order valence-corrected chi connectivity index (χ3v) is 23.6. The Morgan fingerprint density at radius 1 is 0.881 bits per heavy atom. The number of piperazine rings is 2. The molecule has 101 heavy (non-hydrogen) atoms. The normalized spacial score (nSPS) is 20.6. The molecule has 3 amide bonds. The Morgan fingerprint density at radius 3 is 2.33 bits per heavy atom. The second kappa shape index (κ2) is 31.8. The molecule has 538 valence electrons. The van der Waals surface area contributed by atoms with Crippen molar-refractivity contribution in [3.05, 3.63) is 158 Å². The number of unbranched alkanes of at least 4 members (excludes halogenated alkanes) is 1. The van der Waals surface area contributed by atoms with Gasteiger partial charge in [-0.1, -0.05) is 88.2 Å². The number of ether oxygens (including phenoxy) is 1. The molecular formula is C76H96ClN13O9S2. The van der Waals surface area contributed by atoms with E-state index in [4.69, 9.17) is 16.3 Å². The Balaban J connectivity index is 0.589. The second-order valence-electron chi connectivity index (χ2n) is 29.9. The Bertz CT molecular complexity index is 4230. The van der Waals surface area contributed by atoms with Gasteiger partial charge in [-0.3, -0.25) is 34.3 Å². The number of aliphatic hydroxyl groups is 1. The second-order valence-corrected chi connectivity index (χ2v) is 32.9. The lowest BCUT2D eigenvalue weighted by Crippen LogP contribution is -2.56. The number of aliphatic hydroxyl groups excluding tert-OH is 1.